The molecular weight excluding hydrogens is 383 g/mol. The van der Waals surface area contributed by atoms with E-state index in [0.717, 1.165) is 11.3 Å². The van der Waals surface area contributed by atoms with Crippen molar-refractivity contribution in [2.24, 2.45) is 0 Å². The predicted molar refractivity (Wildman–Crippen MR) is 105 cm³/mol. The summed E-state index contributed by atoms with van der Waals surface area (Å²) in [7, 11) is 1.53. The summed E-state index contributed by atoms with van der Waals surface area (Å²) in [6.07, 6.45) is 0. The second-order valence-corrected chi connectivity index (χ2v) is 7.00. The third kappa shape index (κ3) is 4.01. The maximum absolute atomic E-state index is 13.9. The number of carbonyl (C=O) groups excluding carboxylic acids is 3. The van der Waals surface area contributed by atoms with Crippen LogP contribution in [0.2, 0.25) is 0 Å². The second-order valence-electron chi connectivity index (χ2n) is 5.95. The Morgan fingerprint density at radius 2 is 1.82 bits per heavy atom. The van der Waals surface area contributed by atoms with Crippen molar-refractivity contribution in [2.75, 3.05) is 19.0 Å². The number of aryl methyl sites for hydroxylation is 1. The minimum absolute atomic E-state index is 0.234. The highest BCUT2D eigenvalue weighted by molar-refractivity contribution is 7.21. The molecule has 0 fully saturated rings. The normalized spacial score (nSPS) is 10.5. The Morgan fingerprint density at radius 1 is 1.11 bits per heavy atom. The van der Waals surface area contributed by atoms with Gasteiger partial charge in [0.2, 0.25) is 0 Å². The number of fused-ring (bicyclic) bond motifs is 1. The number of anilines is 1. The SMILES string of the molecule is CNC(=O)c1ccc(NC(=O)COC(=O)c2sc3cccc(F)c3c2C)cc1. The van der Waals surface area contributed by atoms with E-state index in [2.05, 4.69) is 10.6 Å². The number of esters is 1. The highest BCUT2D eigenvalue weighted by Crippen LogP contribution is 2.32. The molecule has 0 bridgehead atoms. The Hall–Kier alpha value is -3.26. The minimum Gasteiger partial charge on any atom is -0.451 e. The van der Waals surface area contributed by atoms with Gasteiger partial charge in [0.25, 0.3) is 11.8 Å². The molecule has 3 aromatic rings. The van der Waals surface area contributed by atoms with Crippen molar-refractivity contribution in [3.05, 3.63) is 64.3 Å². The Balaban J connectivity index is 1.62. The minimum atomic E-state index is -0.678. The van der Waals surface area contributed by atoms with Gasteiger partial charge in [-0.15, -0.1) is 11.3 Å². The van der Waals surface area contributed by atoms with Crippen LogP contribution >= 0.6 is 11.3 Å². The zero-order valence-electron chi connectivity index (χ0n) is 15.2. The lowest BCUT2D eigenvalue weighted by Crippen LogP contribution is -2.21. The van der Waals surface area contributed by atoms with Gasteiger partial charge in [-0.2, -0.15) is 0 Å². The van der Waals surface area contributed by atoms with E-state index < -0.39 is 24.3 Å². The van der Waals surface area contributed by atoms with Crippen molar-refractivity contribution in [2.45, 2.75) is 6.92 Å². The van der Waals surface area contributed by atoms with Crippen LogP contribution in [0.25, 0.3) is 10.1 Å². The van der Waals surface area contributed by atoms with E-state index in [1.165, 1.54) is 13.1 Å². The number of hydrogen-bond acceptors (Lipinski definition) is 5. The molecule has 6 nitrogen and oxygen atoms in total. The van der Waals surface area contributed by atoms with E-state index in [0.29, 0.717) is 26.9 Å². The van der Waals surface area contributed by atoms with Gasteiger partial charge in [-0.25, -0.2) is 9.18 Å². The van der Waals surface area contributed by atoms with Gasteiger partial charge in [0.05, 0.1) is 0 Å². The zero-order valence-corrected chi connectivity index (χ0v) is 16.0. The summed E-state index contributed by atoms with van der Waals surface area (Å²) in [4.78, 5) is 36.1. The van der Waals surface area contributed by atoms with Gasteiger partial charge in [0, 0.05) is 28.4 Å². The first-order chi connectivity index (χ1) is 13.4. The van der Waals surface area contributed by atoms with Crippen LogP contribution in [0.3, 0.4) is 0 Å². The van der Waals surface area contributed by atoms with Crippen molar-refractivity contribution in [1.29, 1.82) is 0 Å². The quantitative estimate of drug-likeness (QED) is 0.642. The fourth-order valence-electron chi connectivity index (χ4n) is 2.69. The number of nitrogens with one attached hydrogen (secondary N) is 2. The summed E-state index contributed by atoms with van der Waals surface area (Å²) in [6, 6.07) is 10.9. The van der Waals surface area contributed by atoms with Crippen molar-refractivity contribution in [3.63, 3.8) is 0 Å². The van der Waals surface area contributed by atoms with Gasteiger partial charge >= 0.3 is 5.97 Å². The van der Waals surface area contributed by atoms with Gasteiger partial charge in [-0.1, -0.05) is 6.07 Å². The molecule has 1 aromatic heterocycles. The summed E-state index contributed by atoms with van der Waals surface area (Å²) in [5.74, 6) is -1.83. The van der Waals surface area contributed by atoms with E-state index in [1.54, 1.807) is 43.3 Å². The molecule has 0 spiro atoms. The number of thiophene rings is 1. The molecule has 8 heteroatoms. The zero-order chi connectivity index (χ0) is 20.3. The first kappa shape index (κ1) is 19.5. The lowest BCUT2D eigenvalue weighted by atomic mass is 10.1. The van der Waals surface area contributed by atoms with E-state index >= 15 is 0 Å². The van der Waals surface area contributed by atoms with Crippen molar-refractivity contribution >= 4 is 44.9 Å². The van der Waals surface area contributed by atoms with Gasteiger partial charge in [-0.05, 0) is 48.9 Å². The Morgan fingerprint density at radius 3 is 2.46 bits per heavy atom. The second kappa shape index (κ2) is 8.18. The van der Waals surface area contributed by atoms with Crippen LogP contribution in [0, 0.1) is 12.7 Å². The molecule has 0 saturated carbocycles. The molecule has 0 unspecified atom stereocenters. The molecule has 2 aromatic carbocycles. The summed E-state index contributed by atoms with van der Waals surface area (Å²) in [6.45, 7) is 1.17. The lowest BCUT2D eigenvalue weighted by molar-refractivity contribution is -0.119. The molecule has 2 N–H and O–H groups in total. The van der Waals surface area contributed by atoms with Crippen LogP contribution in [0.1, 0.15) is 25.6 Å². The van der Waals surface area contributed by atoms with Crippen LogP contribution < -0.4 is 10.6 Å². The molecule has 0 aliphatic carbocycles. The summed E-state index contributed by atoms with van der Waals surface area (Å²) < 4.78 is 19.7. The van der Waals surface area contributed by atoms with E-state index in [-0.39, 0.29) is 10.8 Å². The average molecular weight is 400 g/mol. The molecule has 0 aliphatic heterocycles. The van der Waals surface area contributed by atoms with E-state index in [9.17, 15) is 18.8 Å². The van der Waals surface area contributed by atoms with Gasteiger partial charge in [-0.3, -0.25) is 9.59 Å². The van der Waals surface area contributed by atoms with Crippen molar-refractivity contribution in [1.82, 2.24) is 5.32 Å². The molecule has 2 amide bonds. The molecule has 144 valence electrons. The fourth-order valence-corrected chi connectivity index (χ4v) is 3.81. The topological polar surface area (TPSA) is 84.5 Å². The van der Waals surface area contributed by atoms with Gasteiger partial charge in [0.15, 0.2) is 6.61 Å². The molecule has 0 saturated heterocycles. The lowest BCUT2D eigenvalue weighted by Gasteiger charge is -2.07. The number of benzene rings is 2. The Labute approximate surface area is 164 Å². The maximum Gasteiger partial charge on any atom is 0.349 e. The highest BCUT2D eigenvalue weighted by Gasteiger charge is 2.19. The summed E-state index contributed by atoms with van der Waals surface area (Å²) >= 11 is 1.12. The number of carbonyl (C=O) groups is 3. The Kier molecular flexibility index (Phi) is 5.70. The molecule has 28 heavy (non-hydrogen) atoms. The van der Waals surface area contributed by atoms with Crippen LogP contribution in [0.4, 0.5) is 10.1 Å². The van der Waals surface area contributed by atoms with Crippen LogP contribution in [0.5, 0.6) is 0 Å². The smallest absolute Gasteiger partial charge is 0.349 e. The van der Waals surface area contributed by atoms with Crippen LogP contribution in [0.15, 0.2) is 42.5 Å². The average Bonchev–Trinajstić information content (AvgIpc) is 3.04. The van der Waals surface area contributed by atoms with Crippen LogP contribution in [-0.2, 0) is 9.53 Å². The molecule has 0 radical (unpaired) electrons. The molecule has 1 heterocycles. The molecular formula is C20H17FN2O4S. The molecule has 3 rings (SSSR count). The number of rotatable bonds is 5. The summed E-state index contributed by atoms with van der Waals surface area (Å²) in [5, 5.41) is 5.47. The maximum atomic E-state index is 13.9. The number of amides is 2. The predicted octanol–water partition coefficient (Wildman–Crippen LogP) is 3.50. The number of hydrogen-bond donors (Lipinski definition) is 2. The van der Waals surface area contributed by atoms with Gasteiger partial charge in [0.1, 0.15) is 10.7 Å². The monoisotopic (exact) mass is 400 g/mol. The van der Waals surface area contributed by atoms with E-state index in [1.807, 2.05) is 0 Å². The largest absolute Gasteiger partial charge is 0.451 e. The first-order valence-corrected chi connectivity index (χ1v) is 9.19. The summed E-state index contributed by atoms with van der Waals surface area (Å²) in [5.41, 5.74) is 1.42. The Bertz CT molecular complexity index is 1060. The molecule has 0 aliphatic rings. The van der Waals surface area contributed by atoms with Crippen LogP contribution in [-0.4, -0.2) is 31.4 Å². The standard InChI is InChI=1S/C20H17FN2O4S/c1-11-17-14(21)4-3-5-15(17)28-18(11)20(26)27-10-16(24)23-13-8-6-12(7-9-13)19(25)22-2/h3-9H,10H2,1-2H3,(H,22,25)(H,23,24). The van der Waals surface area contributed by atoms with E-state index in [4.69, 9.17) is 4.74 Å². The van der Waals surface area contributed by atoms with Crippen molar-refractivity contribution in [3.8, 4) is 0 Å². The number of ether oxygens (including phenoxy) is 1. The highest BCUT2D eigenvalue weighted by atomic mass is 32.1. The first-order valence-electron chi connectivity index (χ1n) is 8.37. The number of halogens is 1. The van der Waals surface area contributed by atoms with Gasteiger partial charge < -0.3 is 15.4 Å². The molecule has 0 atom stereocenters. The third-order valence-electron chi connectivity index (χ3n) is 4.08. The fraction of sp³-hybridized carbons (Fsp3) is 0.150. The van der Waals surface area contributed by atoms with Crippen molar-refractivity contribution < 1.29 is 23.5 Å². The third-order valence-corrected chi connectivity index (χ3v) is 5.32.